The predicted octanol–water partition coefficient (Wildman–Crippen LogP) is -2.12. The molecule has 0 aromatic heterocycles. The first-order valence-electron chi connectivity index (χ1n) is 9.52. The predicted molar refractivity (Wildman–Crippen MR) is 96.5 cm³/mol. The third kappa shape index (κ3) is 4.06. The number of ether oxygens (including phenoxy) is 1. The number of imide groups is 1. The number of aliphatic hydroxyl groups is 1. The Labute approximate surface area is 154 Å². The van der Waals surface area contributed by atoms with Crippen LogP contribution < -0.4 is 19.4 Å². The number of benzene rings is 1. The van der Waals surface area contributed by atoms with Crippen molar-refractivity contribution in [2.75, 3.05) is 50.8 Å². The minimum Gasteiger partial charge on any atom is -0.494 e. The van der Waals surface area contributed by atoms with Crippen LogP contribution in [-0.2, 0) is 9.59 Å². The highest BCUT2D eigenvalue weighted by Crippen LogP contribution is 2.24. The van der Waals surface area contributed by atoms with Crippen LogP contribution in [0.4, 0.5) is 5.69 Å². The number of hydrogen-bond acceptors (Lipinski definition) is 4. The van der Waals surface area contributed by atoms with E-state index in [-0.39, 0.29) is 30.9 Å². The second-order valence-corrected chi connectivity index (χ2v) is 7.05. The fraction of sp³-hybridized carbons (Fsp3) is 0.579. The smallest absolute Gasteiger partial charge is 0.292 e. The highest BCUT2D eigenvalue weighted by atomic mass is 16.5. The number of nitrogens with zero attached hydrogens (tertiary/aromatic N) is 1. The van der Waals surface area contributed by atoms with Crippen molar-refractivity contribution in [3.8, 4) is 5.75 Å². The Morgan fingerprint density at radius 3 is 2.46 bits per heavy atom. The molecule has 3 N–H and O–H groups in total. The van der Waals surface area contributed by atoms with E-state index in [9.17, 15) is 9.59 Å². The fourth-order valence-electron chi connectivity index (χ4n) is 3.81. The number of aliphatic hydroxyl groups excluding tert-OH is 1. The molecule has 7 heteroatoms. The third-order valence-electron chi connectivity index (χ3n) is 5.27. The molecule has 26 heavy (non-hydrogen) atoms. The van der Waals surface area contributed by atoms with Crippen molar-refractivity contribution in [2.24, 2.45) is 0 Å². The number of nitrogens with one attached hydrogen (secondary N) is 2. The van der Waals surface area contributed by atoms with Gasteiger partial charge in [-0.1, -0.05) is 6.92 Å². The van der Waals surface area contributed by atoms with Crippen molar-refractivity contribution in [3.05, 3.63) is 24.3 Å². The average Bonchev–Trinajstić information content (AvgIpc) is 2.96. The van der Waals surface area contributed by atoms with Gasteiger partial charge >= 0.3 is 0 Å². The summed E-state index contributed by atoms with van der Waals surface area (Å²) in [6.45, 7) is 7.21. The lowest BCUT2D eigenvalue weighted by Crippen LogP contribution is -3.30. The van der Waals surface area contributed by atoms with Gasteiger partial charge in [0.2, 0.25) is 5.91 Å². The summed E-state index contributed by atoms with van der Waals surface area (Å²) >= 11 is 0. The quantitative estimate of drug-likeness (QED) is 0.485. The summed E-state index contributed by atoms with van der Waals surface area (Å²) < 4.78 is 5.56. The normalized spacial score (nSPS) is 26.4. The van der Waals surface area contributed by atoms with Crippen LogP contribution in [0.25, 0.3) is 0 Å². The molecule has 0 aliphatic carbocycles. The maximum atomic E-state index is 12.9. The molecular weight excluding hydrogens is 334 g/mol. The van der Waals surface area contributed by atoms with E-state index < -0.39 is 0 Å². The number of carbonyl (C=O) groups excluding carboxylic acids is 2. The SMILES string of the molecule is CCCOc1ccc(N2C(=O)C[C@H]([NH+]3CC[NH+](CCO)CC3)C2=O)cc1. The Morgan fingerprint density at radius 2 is 1.85 bits per heavy atom. The molecule has 2 aliphatic heterocycles. The first-order valence-corrected chi connectivity index (χ1v) is 9.52. The molecule has 2 heterocycles. The zero-order valence-electron chi connectivity index (χ0n) is 15.4. The number of anilines is 1. The van der Waals surface area contributed by atoms with E-state index in [1.807, 2.05) is 19.1 Å². The number of rotatable bonds is 7. The van der Waals surface area contributed by atoms with Crippen LogP contribution in [0.3, 0.4) is 0 Å². The minimum absolute atomic E-state index is 0.0992. The molecule has 2 fully saturated rings. The molecular formula is C19H29N3O4+2. The van der Waals surface area contributed by atoms with Gasteiger partial charge in [0.25, 0.3) is 5.91 Å². The summed E-state index contributed by atoms with van der Waals surface area (Å²) in [4.78, 5) is 29.3. The first-order chi connectivity index (χ1) is 12.6. The van der Waals surface area contributed by atoms with E-state index in [1.165, 1.54) is 14.7 Å². The average molecular weight is 363 g/mol. The van der Waals surface area contributed by atoms with Gasteiger partial charge in [0.05, 0.1) is 25.3 Å². The van der Waals surface area contributed by atoms with Crippen LogP contribution in [0.2, 0.25) is 0 Å². The number of hydrogen-bond donors (Lipinski definition) is 3. The number of carbonyl (C=O) groups is 2. The van der Waals surface area contributed by atoms with Crippen molar-refractivity contribution in [1.29, 1.82) is 0 Å². The van der Waals surface area contributed by atoms with Gasteiger partial charge in [-0.3, -0.25) is 9.59 Å². The van der Waals surface area contributed by atoms with Crippen LogP contribution in [-0.4, -0.2) is 68.9 Å². The van der Waals surface area contributed by atoms with Gasteiger partial charge in [-0.15, -0.1) is 0 Å². The summed E-state index contributed by atoms with van der Waals surface area (Å²) in [5.41, 5.74) is 0.621. The Hall–Kier alpha value is -1.96. The molecule has 0 spiro atoms. The van der Waals surface area contributed by atoms with Crippen LogP contribution in [0.1, 0.15) is 19.8 Å². The van der Waals surface area contributed by atoms with Gasteiger partial charge in [0, 0.05) is 0 Å². The van der Waals surface area contributed by atoms with Gasteiger partial charge in [-0.05, 0) is 30.7 Å². The zero-order chi connectivity index (χ0) is 18.5. The highest BCUT2D eigenvalue weighted by Gasteiger charge is 2.46. The first kappa shape index (κ1) is 18.8. The largest absolute Gasteiger partial charge is 0.494 e. The molecule has 7 nitrogen and oxygen atoms in total. The Kier molecular flexibility index (Phi) is 6.24. The second kappa shape index (κ2) is 8.62. The lowest BCUT2D eigenvalue weighted by atomic mass is 10.1. The molecule has 1 atom stereocenters. The maximum absolute atomic E-state index is 12.9. The molecule has 2 aliphatic rings. The Balaban J connectivity index is 1.64. The lowest BCUT2D eigenvalue weighted by molar-refractivity contribution is -1.02. The third-order valence-corrected chi connectivity index (χ3v) is 5.27. The number of amides is 2. The van der Waals surface area contributed by atoms with E-state index >= 15 is 0 Å². The summed E-state index contributed by atoms with van der Waals surface area (Å²) in [7, 11) is 0. The van der Waals surface area contributed by atoms with Gasteiger partial charge in [-0.2, -0.15) is 0 Å². The van der Waals surface area contributed by atoms with E-state index in [4.69, 9.17) is 9.84 Å². The van der Waals surface area contributed by atoms with E-state index in [0.717, 1.165) is 44.9 Å². The Morgan fingerprint density at radius 1 is 1.15 bits per heavy atom. The topological polar surface area (TPSA) is 75.7 Å². The molecule has 0 bridgehead atoms. The van der Waals surface area contributed by atoms with E-state index in [1.54, 1.807) is 12.1 Å². The van der Waals surface area contributed by atoms with Gasteiger partial charge in [0.1, 0.15) is 38.5 Å². The standard InChI is InChI=1S/C19H27N3O4/c1-2-13-26-16-5-3-15(4-6-16)22-18(24)14-17(19(22)25)21-9-7-20(8-10-21)11-12-23/h3-6,17,23H,2,7-14H2,1H3/p+2/t17-/m0/s1. The second-order valence-electron chi connectivity index (χ2n) is 7.05. The molecule has 0 radical (unpaired) electrons. The number of quaternary nitrogens is 2. The van der Waals surface area contributed by atoms with Crippen LogP contribution in [0, 0.1) is 0 Å². The summed E-state index contributed by atoms with van der Waals surface area (Å²) in [6, 6.07) is 6.89. The van der Waals surface area contributed by atoms with Crippen LogP contribution >= 0.6 is 0 Å². The van der Waals surface area contributed by atoms with Gasteiger partial charge in [-0.25, -0.2) is 4.90 Å². The van der Waals surface area contributed by atoms with Crippen molar-refractivity contribution < 1.29 is 29.2 Å². The summed E-state index contributed by atoms with van der Waals surface area (Å²) in [5, 5.41) is 9.06. The molecule has 1 aromatic carbocycles. The Bertz CT molecular complexity index is 626. The molecule has 3 rings (SSSR count). The highest BCUT2D eigenvalue weighted by molar-refractivity contribution is 6.21. The molecule has 142 valence electrons. The summed E-state index contributed by atoms with van der Waals surface area (Å²) in [5.74, 6) is 0.526. The minimum atomic E-state index is -0.283. The zero-order valence-corrected chi connectivity index (χ0v) is 15.4. The number of piperazine rings is 1. The van der Waals surface area contributed by atoms with Crippen LogP contribution in [0.15, 0.2) is 24.3 Å². The maximum Gasteiger partial charge on any atom is 0.292 e. The van der Waals surface area contributed by atoms with Gasteiger partial charge in [0.15, 0.2) is 6.04 Å². The van der Waals surface area contributed by atoms with Crippen molar-refractivity contribution in [2.45, 2.75) is 25.8 Å². The van der Waals surface area contributed by atoms with Crippen molar-refractivity contribution in [1.82, 2.24) is 0 Å². The van der Waals surface area contributed by atoms with Crippen molar-refractivity contribution in [3.63, 3.8) is 0 Å². The molecule has 1 aromatic rings. The molecule has 0 saturated carbocycles. The van der Waals surface area contributed by atoms with E-state index in [2.05, 4.69) is 0 Å². The van der Waals surface area contributed by atoms with Crippen LogP contribution in [0.5, 0.6) is 5.75 Å². The monoisotopic (exact) mass is 363 g/mol. The van der Waals surface area contributed by atoms with Gasteiger partial charge < -0.3 is 19.6 Å². The lowest BCUT2D eigenvalue weighted by Gasteiger charge is -2.31. The molecule has 2 saturated heterocycles. The summed E-state index contributed by atoms with van der Waals surface area (Å²) in [6.07, 6.45) is 1.21. The molecule has 2 amide bonds. The fourth-order valence-corrected chi connectivity index (χ4v) is 3.81. The van der Waals surface area contributed by atoms with E-state index in [0.29, 0.717) is 12.3 Å². The van der Waals surface area contributed by atoms with Crippen molar-refractivity contribution >= 4 is 17.5 Å². The molecule has 0 unspecified atom stereocenters.